The van der Waals surface area contributed by atoms with E-state index >= 15 is 0 Å². The summed E-state index contributed by atoms with van der Waals surface area (Å²) >= 11 is 6.05. The van der Waals surface area contributed by atoms with E-state index in [9.17, 15) is 22.4 Å². The molecule has 0 amide bonds. The lowest BCUT2D eigenvalue weighted by atomic mass is 10.1. The first-order valence-corrected chi connectivity index (χ1v) is 10.7. The fourth-order valence-corrected chi connectivity index (χ4v) is 4.62. The first-order chi connectivity index (χ1) is 13.6. The Bertz CT molecular complexity index is 1000. The van der Waals surface area contributed by atoms with Crippen molar-refractivity contribution in [1.82, 2.24) is 4.31 Å². The maximum absolute atomic E-state index is 13.0. The second-order valence-electron chi connectivity index (χ2n) is 6.15. The number of ketones is 1. The minimum Gasteiger partial charge on any atom is -0.451 e. The van der Waals surface area contributed by atoms with E-state index in [4.69, 9.17) is 16.3 Å². The number of benzene rings is 2. The molecule has 1 unspecified atom stereocenters. The number of sulfonamides is 1. The summed E-state index contributed by atoms with van der Waals surface area (Å²) in [5.74, 6) is -1.88. The van der Waals surface area contributed by atoms with Crippen molar-refractivity contribution in [3.05, 3.63) is 64.4 Å². The number of carbonyl (C=O) groups excluding carboxylic acids is 2. The molecule has 0 fully saturated rings. The lowest BCUT2D eigenvalue weighted by molar-refractivity contribution is 0.0318. The lowest BCUT2D eigenvalue weighted by Gasteiger charge is -2.19. The standard InChI is InChI=1S/C20H21ClFNO5S/c1-4-23(5-2)29(26,27)18-12-15(8-11-17(18)21)20(25)28-13(3)19(24)14-6-9-16(22)10-7-14/h6-13H,4-5H2,1-3H3. The Hall–Kier alpha value is -2.29. The largest absolute Gasteiger partial charge is 0.451 e. The molecule has 2 aromatic rings. The molecule has 0 aliphatic heterocycles. The van der Waals surface area contributed by atoms with E-state index < -0.39 is 33.7 Å². The topological polar surface area (TPSA) is 80.8 Å². The van der Waals surface area contributed by atoms with Gasteiger partial charge in [-0.05, 0) is 49.4 Å². The molecule has 156 valence electrons. The summed E-state index contributed by atoms with van der Waals surface area (Å²) in [6.45, 7) is 5.25. The maximum Gasteiger partial charge on any atom is 0.338 e. The van der Waals surface area contributed by atoms with E-state index in [1.807, 2.05) is 0 Å². The SMILES string of the molecule is CCN(CC)S(=O)(=O)c1cc(C(=O)OC(C)C(=O)c2ccc(F)cc2)ccc1Cl. The smallest absolute Gasteiger partial charge is 0.338 e. The van der Waals surface area contributed by atoms with Crippen LogP contribution < -0.4 is 0 Å². The van der Waals surface area contributed by atoms with Crippen LogP contribution >= 0.6 is 11.6 Å². The summed E-state index contributed by atoms with van der Waals surface area (Å²) in [5.41, 5.74) is 0.131. The monoisotopic (exact) mass is 441 g/mol. The zero-order valence-electron chi connectivity index (χ0n) is 16.2. The van der Waals surface area contributed by atoms with Crippen LogP contribution in [0.25, 0.3) is 0 Å². The number of carbonyl (C=O) groups is 2. The second kappa shape index (κ2) is 9.47. The molecule has 0 bridgehead atoms. The van der Waals surface area contributed by atoms with E-state index in [1.165, 1.54) is 35.5 Å². The van der Waals surface area contributed by atoms with Gasteiger partial charge in [0.15, 0.2) is 6.10 Å². The van der Waals surface area contributed by atoms with Crippen LogP contribution in [0.2, 0.25) is 5.02 Å². The third-order valence-electron chi connectivity index (χ3n) is 4.27. The van der Waals surface area contributed by atoms with Gasteiger partial charge in [0.25, 0.3) is 0 Å². The van der Waals surface area contributed by atoms with Crippen LogP contribution in [-0.2, 0) is 14.8 Å². The number of nitrogens with zero attached hydrogens (tertiary/aromatic N) is 1. The van der Waals surface area contributed by atoms with Crippen molar-refractivity contribution in [3.63, 3.8) is 0 Å². The minimum absolute atomic E-state index is 0.0242. The van der Waals surface area contributed by atoms with E-state index in [0.29, 0.717) is 0 Å². The Morgan fingerprint density at radius 2 is 1.62 bits per heavy atom. The van der Waals surface area contributed by atoms with Gasteiger partial charge >= 0.3 is 5.97 Å². The van der Waals surface area contributed by atoms with Crippen molar-refractivity contribution >= 4 is 33.4 Å². The lowest BCUT2D eigenvalue weighted by Crippen LogP contribution is -2.31. The summed E-state index contributed by atoms with van der Waals surface area (Å²) in [6.07, 6.45) is -1.15. The molecule has 6 nitrogen and oxygen atoms in total. The summed E-state index contributed by atoms with van der Waals surface area (Å²) in [5, 5.41) is -0.0242. The van der Waals surface area contributed by atoms with Gasteiger partial charge in [0, 0.05) is 18.7 Å². The second-order valence-corrected chi connectivity index (χ2v) is 8.47. The number of halogens is 2. The van der Waals surface area contributed by atoms with Crippen LogP contribution in [0.4, 0.5) is 4.39 Å². The van der Waals surface area contributed by atoms with E-state index in [0.717, 1.165) is 18.2 Å². The van der Waals surface area contributed by atoms with Crippen molar-refractivity contribution in [2.24, 2.45) is 0 Å². The molecular weight excluding hydrogens is 421 g/mol. The number of rotatable bonds is 8. The summed E-state index contributed by atoms with van der Waals surface area (Å²) in [4.78, 5) is 24.6. The zero-order chi connectivity index (χ0) is 21.8. The molecule has 0 saturated carbocycles. The van der Waals surface area contributed by atoms with E-state index in [-0.39, 0.29) is 34.1 Å². The normalized spacial score (nSPS) is 12.6. The molecule has 0 saturated heterocycles. The van der Waals surface area contributed by atoms with Crippen LogP contribution in [-0.4, -0.2) is 43.7 Å². The van der Waals surface area contributed by atoms with Gasteiger partial charge in [0.2, 0.25) is 15.8 Å². The number of Topliss-reactive ketones (excluding diaryl/α,β-unsaturated/α-hetero) is 1. The number of hydrogen-bond acceptors (Lipinski definition) is 5. The minimum atomic E-state index is -3.89. The first-order valence-electron chi connectivity index (χ1n) is 8.92. The van der Waals surface area contributed by atoms with Crippen molar-refractivity contribution < 1.29 is 27.1 Å². The number of esters is 1. The summed E-state index contributed by atoms with van der Waals surface area (Å²) in [6, 6.07) is 8.59. The van der Waals surface area contributed by atoms with Crippen molar-refractivity contribution in [2.45, 2.75) is 31.8 Å². The summed E-state index contributed by atoms with van der Waals surface area (Å²) < 4.78 is 44.9. The average Bonchev–Trinajstić information content (AvgIpc) is 2.68. The third kappa shape index (κ3) is 5.20. The van der Waals surface area contributed by atoms with Crippen LogP contribution in [0.3, 0.4) is 0 Å². The van der Waals surface area contributed by atoms with Gasteiger partial charge < -0.3 is 4.74 Å². The predicted molar refractivity (Wildman–Crippen MR) is 107 cm³/mol. The van der Waals surface area contributed by atoms with Crippen LogP contribution in [0.5, 0.6) is 0 Å². The first kappa shape index (κ1) is 23.0. The Labute approximate surface area is 174 Å². The van der Waals surface area contributed by atoms with Gasteiger partial charge in [0.05, 0.1) is 10.6 Å². The molecule has 0 heterocycles. The molecule has 0 N–H and O–H groups in total. The Morgan fingerprint density at radius 3 is 2.17 bits per heavy atom. The van der Waals surface area contributed by atoms with Crippen molar-refractivity contribution in [3.8, 4) is 0 Å². The summed E-state index contributed by atoms with van der Waals surface area (Å²) in [7, 11) is -3.89. The molecule has 29 heavy (non-hydrogen) atoms. The highest BCUT2D eigenvalue weighted by molar-refractivity contribution is 7.89. The van der Waals surface area contributed by atoms with Gasteiger partial charge in [-0.2, -0.15) is 4.31 Å². The average molecular weight is 442 g/mol. The number of hydrogen-bond donors (Lipinski definition) is 0. The van der Waals surface area contributed by atoms with Gasteiger partial charge in [-0.25, -0.2) is 17.6 Å². The molecule has 0 radical (unpaired) electrons. The highest BCUT2D eigenvalue weighted by Gasteiger charge is 2.27. The molecule has 0 aliphatic carbocycles. The van der Waals surface area contributed by atoms with E-state index in [1.54, 1.807) is 13.8 Å². The molecular formula is C20H21ClFNO5S. The highest BCUT2D eigenvalue weighted by atomic mass is 35.5. The van der Waals surface area contributed by atoms with E-state index in [2.05, 4.69) is 0 Å². The van der Waals surface area contributed by atoms with Gasteiger partial charge in [-0.15, -0.1) is 0 Å². The molecule has 2 aromatic carbocycles. The van der Waals surface area contributed by atoms with Crippen molar-refractivity contribution in [2.75, 3.05) is 13.1 Å². The third-order valence-corrected chi connectivity index (χ3v) is 6.80. The van der Waals surface area contributed by atoms with Crippen molar-refractivity contribution in [1.29, 1.82) is 0 Å². The van der Waals surface area contributed by atoms with Crippen LogP contribution in [0.15, 0.2) is 47.4 Å². The number of ether oxygens (including phenoxy) is 1. The maximum atomic E-state index is 13.0. The van der Waals surface area contributed by atoms with Gasteiger partial charge in [-0.1, -0.05) is 25.4 Å². The molecule has 0 spiro atoms. The zero-order valence-corrected chi connectivity index (χ0v) is 17.8. The predicted octanol–water partition coefficient (Wildman–Crippen LogP) is 3.94. The highest BCUT2D eigenvalue weighted by Crippen LogP contribution is 2.26. The Kier molecular flexibility index (Phi) is 7.51. The molecule has 0 aromatic heterocycles. The molecule has 0 aliphatic rings. The molecule has 1 atom stereocenters. The Balaban J connectivity index is 2.25. The molecule has 2 rings (SSSR count). The fourth-order valence-electron chi connectivity index (χ4n) is 2.66. The van der Waals surface area contributed by atoms with Gasteiger partial charge in [-0.3, -0.25) is 4.79 Å². The fraction of sp³-hybridized carbons (Fsp3) is 0.300. The molecule has 9 heteroatoms. The van der Waals surface area contributed by atoms with Gasteiger partial charge in [0.1, 0.15) is 10.7 Å². The quantitative estimate of drug-likeness (QED) is 0.458. The van der Waals surface area contributed by atoms with Crippen LogP contribution in [0.1, 0.15) is 41.5 Å². The van der Waals surface area contributed by atoms with Crippen LogP contribution in [0, 0.1) is 5.82 Å². The Morgan fingerprint density at radius 1 is 1.07 bits per heavy atom.